The standard InChI is InChI=1S/C33H36N4O3S/c1-3-35(4-2)29-18-15-26(16-19-29)23-36(31-21-22-41(39,40)25-31)32(38)20-17-28-24-37(30-13-9-6-10-14-30)34-33(28)27-11-7-5-8-12-27/h5-20,24,31H,3-4,21-23,25H2,1-2H3/b20-17+. The van der Waals surface area contributed by atoms with Gasteiger partial charge < -0.3 is 9.80 Å². The predicted molar refractivity (Wildman–Crippen MR) is 166 cm³/mol. The summed E-state index contributed by atoms with van der Waals surface area (Å²) in [5, 5.41) is 4.83. The van der Waals surface area contributed by atoms with Gasteiger partial charge in [0.25, 0.3) is 0 Å². The van der Waals surface area contributed by atoms with Gasteiger partial charge in [-0.3, -0.25) is 4.79 Å². The van der Waals surface area contributed by atoms with Crippen molar-refractivity contribution in [3.63, 3.8) is 0 Å². The lowest BCUT2D eigenvalue weighted by Gasteiger charge is -2.28. The van der Waals surface area contributed by atoms with E-state index in [1.807, 2.05) is 83.7 Å². The molecule has 2 heterocycles. The van der Waals surface area contributed by atoms with Crippen LogP contribution < -0.4 is 4.90 Å². The van der Waals surface area contributed by atoms with Gasteiger partial charge in [0, 0.05) is 54.8 Å². The lowest BCUT2D eigenvalue weighted by Crippen LogP contribution is -2.39. The molecule has 0 bridgehead atoms. The molecule has 0 N–H and O–H groups in total. The van der Waals surface area contributed by atoms with Gasteiger partial charge in [0.2, 0.25) is 5.91 Å². The molecule has 1 aromatic heterocycles. The van der Waals surface area contributed by atoms with E-state index in [1.54, 1.807) is 17.1 Å². The number of anilines is 1. The van der Waals surface area contributed by atoms with Crippen molar-refractivity contribution in [3.05, 3.63) is 108 Å². The number of hydrogen-bond donors (Lipinski definition) is 0. The summed E-state index contributed by atoms with van der Waals surface area (Å²) in [5.74, 6) is -0.120. The number of rotatable bonds is 10. The van der Waals surface area contributed by atoms with Crippen LogP contribution >= 0.6 is 0 Å². The van der Waals surface area contributed by atoms with Crippen LogP contribution in [0.5, 0.6) is 0 Å². The first-order valence-electron chi connectivity index (χ1n) is 14.1. The van der Waals surface area contributed by atoms with Crippen molar-refractivity contribution in [1.29, 1.82) is 0 Å². The largest absolute Gasteiger partial charge is 0.372 e. The highest BCUT2D eigenvalue weighted by atomic mass is 32.2. The third-order valence-electron chi connectivity index (χ3n) is 7.57. The summed E-state index contributed by atoms with van der Waals surface area (Å²) in [6, 6.07) is 27.5. The molecule has 1 saturated heterocycles. The number of benzene rings is 3. The number of aromatic nitrogens is 2. The molecule has 1 unspecified atom stereocenters. The van der Waals surface area contributed by atoms with Crippen molar-refractivity contribution >= 4 is 27.5 Å². The van der Waals surface area contributed by atoms with Crippen LogP contribution in [0, 0.1) is 0 Å². The molecule has 3 aromatic carbocycles. The fourth-order valence-electron chi connectivity index (χ4n) is 5.31. The third kappa shape index (κ3) is 6.77. The van der Waals surface area contributed by atoms with Crippen molar-refractivity contribution in [2.24, 2.45) is 0 Å². The highest BCUT2D eigenvalue weighted by molar-refractivity contribution is 7.91. The summed E-state index contributed by atoms with van der Waals surface area (Å²) in [6.45, 7) is 6.42. The second-order valence-electron chi connectivity index (χ2n) is 10.3. The fraction of sp³-hybridized carbons (Fsp3) is 0.273. The Morgan fingerprint density at radius 3 is 2.22 bits per heavy atom. The summed E-state index contributed by atoms with van der Waals surface area (Å²) in [7, 11) is -3.17. The van der Waals surface area contributed by atoms with Gasteiger partial charge in [-0.15, -0.1) is 0 Å². The minimum absolute atomic E-state index is 0.00862. The predicted octanol–water partition coefficient (Wildman–Crippen LogP) is 5.61. The maximum Gasteiger partial charge on any atom is 0.247 e. The molecule has 5 rings (SSSR count). The Hall–Kier alpha value is -4.17. The van der Waals surface area contributed by atoms with E-state index >= 15 is 0 Å². The molecule has 4 aromatic rings. The molecule has 1 fully saturated rings. The number of carbonyl (C=O) groups excluding carboxylic acids is 1. The zero-order valence-electron chi connectivity index (χ0n) is 23.6. The average molecular weight is 569 g/mol. The van der Waals surface area contributed by atoms with Crippen molar-refractivity contribution in [3.8, 4) is 16.9 Å². The highest BCUT2D eigenvalue weighted by Crippen LogP contribution is 2.26. The Kier molecular flexibility index (Phi) is 8.69. The summed E-state index contributed by atoms with van der Waals surface area (Å²) in [6.07, 6.45) is 5.70. The first-order chi connectivity index (χ1) is 19.9. The van der Waals surface area contributed by atoms with Gasteiger partial charge in [-0.05, 0) is 56.2 Å². The molecule has 0 saturated carbocycles. The van der Waals surface area contributed by atoms with E-state index < -0.39 is 9.84 Å². The van der Waals surface area contributed by atoms with E-state index in [2.05, 4.69) is 30.9 Å². The van der Waals surface area contributed by atoms with Crippen LogP contribution in [-0.4, -0.2) is 59.6 Å². The summed E-state index contributed by atoms with van der Waals surface area (Å²) < 4.78 is 26.5. The van der Waals surface area contributed by atoms with Gasteiger partial charge in [-0.1, -0.05) is 60.7 Å². The van der Waals surface area contributed by atoms with E-state index in [4.69, 9.17) is 5.10 Å². The average Bonchev–Trinajstić information content (AvgIpc) is 3.60. The fourth-order valence-corrected chi connectivity index (χ4v) is 7.04. The number of hydrogen-bond acceptors (Lipinski definition) is 5. The van der Waals surface area contributed by atoms with Crippen molar-refractivity contribution in [1.82, 2.24) is 14.7 Å². The van der Waals surface area contributed by atoms with Gasteiger partial charge in [0.15, 0.2) is 9.84 Å². The molecule has 0 radical (unpaired) electrons. The number of sulfone groups is 1. The number of amides is 1. The van der Waals surface area contributed by atoms with Gasteiger partial charge >= 0.3 is 0 Å². The summed E-state index contributed by atoms with van der Waals surface area (Å²) in [5.41, 5.74) is 5.53. The number of carbonyl (C=O) groups is 1. The molecule has 8 heteroatoms. The third-order valence-corrected chi connectivity index (χ3v) is 9.32. The highest BCUT2D eigenvalue weighted by Gasteiger charge is 2.34. The maximum absolute atomic E-state index is 13.7. The Morgan fingerprint density at radius 1 is 0.951 bits per heavy atom. The maximum atomic E-state index is 13.7. The van der Waals surface area contributed by atoms with E-state index in [9.17, 15) is 13.2 Å². The zero-order chi connectivity index (χ0) is 28.8. The quantitative estimate of drug-likeness (QED) is 0.232. The minimum Gasteiger partial charge on any atom is -0.372 e. The Bertz CT molecular complexity index is 1590. The first-order valence-corrected chi connectivity index (χ1v) is 15.9. The van der Waals surface area contributed by atoms with Crippen molar-refractivity contribution in [2.75, 3.05) is 29.5 Å². The Morgan fingerprint density at radius 2 is 1.61 bits per heavy atom. The monoisotopic (exact) mass is 568 g/mol. The van der Waals surface area contributed by atoms with Crippen molar-refractivity contribution in [2.45, 2.75) is 32.9 Å². The molecule has 1 aliphatic rings. The van der Waals surface area contributed by atoms with Crippen LogP contribution in [0.4, 0.5) is 5.69 Å². The van der Waals surface area contributed by atoms with Gasteiger partial charge in [0.05, 0.1) is 22.9 Å². The van der Waals surface area contributed by atoms with Crippen LogP contribution in [0.3, 0.4) is 0 Å². The van der Waals surface area contributed by atoms with E-state index in [-0.39, 0.29) is 23.5 Å². The normalized spacial score (nSPS) is 16.2. The smallest absolute Gasteiger partial charge is 0.247 e. The molecule has 1 atom stereocenters. The Balaban J connectivity index is 1.44. The van der Waals surface area contributed by atoms with Gasteiger partial charge in [-0.2, -0.15) is 5.10 Å². The summed E-state index contributed by atoms with van der Waals surface area (Å²) >= 11 is 0. The second-order valence-corrected chi connectivity index (χ2v) is 12.5. The molecule has 1 aliphatic heterocycles. The topological polar surface area (TPSA) is 75.5 Å². The molecular weight excluding hydrogens is 532 g/mol. The van der Waals surface area contributed by atoms with Gasteiger partial charge in [-0.25, -0.2) is 13.1 Å². The van der Waals surface area contributed by atoms with Crippen LogP contribution in [0.15, 0.2) is 97.2 Å². The summed E-state index contributed by atoms with van der Waals surface area (Å²) in [4.78, 5) is 17.7. The molecule has 41 heavy (non-hydrogen) atoms. The van der Waals surface area contributed by atoms with E-state index in [0.717, 1.165) is 46.8 Å². The Labute approximate surface area is 242 Å². The van der Waals surface area contributed by atoms with E-state index in [0.29, 0.717) is 13.0 Å². The van der Waals surface area contributed by atoms with Gasteiger partial charge in [0.1, 0.15) is 0 Å². The van der Waals surface area contributed by atoms with Crippen LogP contribution in [0.2, 0.25) is 0 Å². The number of nitrogens with zero attached hydrogens (tertiary/aromatic N) is 4. The number of para-hydroxylation sites is 1. The molecule has 7 nitrogen and oxygen atoms in total. The SMILES string of the molecule is CCN(CC)c1ccc(CN(C(=O)/C=C/c2cn(-c3ccccc3)nc2-c2ccccc2)C2CCS(=O)(=O)C2)cc1. The molecule has 1 amide bonds. The van der Waals surface area contributed by atoms with Crippen LogP contribution in [0.25, 0.3) is 23.0 Å². The molecular formula is C33H36N4O3S. The van der Waals surface area contributed by atoms with Crippen LogP contribution in [0.1, 0.15) is 31.4 Å². The minimum atomic E-state index is -3.17. The zero-order valence-corrected chi connectivity index (χ0v) is 24.4. The molecule has 0 aliphatic carbocycles. The molecule has 212 valence electrons. The second kappa shape index (κ2) is 12.6. The lowest BCUT2D eigenvalue weighted by molar-refractivity contribution is -0.128. The first kappa shape index (κ1) is 28.4. The van der Waals surface area contributed by atoms with E-state index in [1.165, 1.54) is 0 Å². The van der Waals surface area contributed by atoms with Crippen molar-refractivity contribution < 1.29 is 13.2 Å². The lowest BCUT2D eigenvalue weighted by atomic mass is 10.1. The molecule has 0 spiro atoms. The van der Waals surface area contributed by atoms with Crippen LogP contribution in [-0.2, 0) is 21.2 Å².